The second kappa shape index (κ2) is 6.51. The van der Waals surface area contributed by atoms with Crippen LogP contribution in [0.15, 0.2) is 24.3 Å². The van der Waals surface area contributed by atoms with E-state index in [4.69, 9.17) is 5.26 Å². The molecule has 3 fully saturated rings. The quantitative estimate of drug-likeness (QED) is 0.850. The molecule has 1 atom stereocenters. The Bertz CT molecular complexity index is 727. The Hall–Kier alpha value is -2.35. The molecule has 1 aromatic carbocycles. The Labute approximate surface area is 148 Å². The molecule has 0 spiro atoms. The van der Waals surface area contributed by atoms with Crippen molar-refractivity contribution in [2.45, 2.75) is 44.1 Å². The molecule has 2 saturated heterocycles. The van der Waals surface area contributed by atoms with E-state index in [1.54, 1.807) is 0 Å². The van der Waals surface area contributed by atoms with E-state index in [0.29, 0.717) is 30.5 Å². The molecule has 2 amide bonds. The van der Waals surface area contributed by atoms with Gasteiger partial charge in [-0.15, -0.1) is 0 Å². The number of carbonyl (C=O) groups excluding carboxylic acids is 2. The number of rotatable bonds is 3. The van der Waals surface area contributed by atoms with Gasteiger partial charge in [0.25, 0.3) is 0 Å². The van der Waals surface area contributed by atoms with Crippen molar-refractivity contribution in [3.05, 3.63) is 35.4 Å². The predicted molar refractivity (Wildman–Crippen MR) is 92.6 cm³/mol. The zero-order valence-corrected chi connectivity index (χ0v) is 14.4. The van der Waals surface area contributed by atoms with Crippen molar-refractivity contribution in [2.24, 2.45) is 5.92 Å². The van der Waals surface area contributed by atoms with E-state index in [9.17, 15) is 9.59 Å². The average Bonchev–Trinajstić information content (AvgIpc) is 3.43. The molecular formula is C20H23N3O2. The molecule has 0 bridgehead atoms. The van der Waals surface area contributed by atoms with Crippen molar-refractivity contribution in [3.8, 4) is 6.07 Å². The Kier molecular flexibility index (Phi) is 4.20. The fraction of sp³-hybridized carbons (Fsp3) is 0.550. The van der Waals surface area contributed by atoms with Crippen molar-refractivity contribution in [1.29, 1.82) is 5.26 Å². The molecular weight excluding hydrogens is 314 g/mol. The number of hydrogen-bond donors (Lipinski definition) is 0. The van der Waals surface area contributed by atoms with Gasteiger partial charge >= 0.3 is 0 Å². The number of nitriles is 1. The first kappa shape index (κ1) is 16.1. The number of piperidine rings is 1. The Morgan fingerprint density at radius 1 is 1.16 bits per heavy atom. The molecule has 0 unspecified atom stereocenters. The van der Waals surface area contributed by atoms with Crippen LogP contribution in [-0.2, 0) is 9.59 Å². The van der Waals surface area contributed by atoms with Gasteiger partial charge in [-0.2, -0.15) is 5.26 Å². The molecule has 1 aromatic rings. The van der Waals surface area contributed by atoms with Crippen molar-refractivity contribution >= 4 is 11.8 Å². The van der Waals surface area contributed by atoms with E-state index in [2.05, 4.69) is 12.1 Å². The fourth-order valence-corrected chi connectivity index (χ4v) is 4.19. The minimum Gasteiger partial charge on any atom is -0.342 e. The topological polar surface area (TPSA) is 64.4 Å². The molecule has 0 aromatic heterocycles. The summed E-state index contributed by atoms with van der Waals surface area (Å²) in [5.74, 6) is 0.571. The minimum atomic E-state index is -0.147. The predicted octanol–water partition coefficient (Wildman–Crippen LogP) is 2.28. The minimum absolute atomic E-state index is 0.147. The van der Waals surface area contributed by atoms with Crippen LogP contribution in [0, 0.1) is 17.2 Å². The summed E-state index contributed by atoms with van der Waals surface area (Å²) < 4.78 is 0. The number of hydrogen-bond acceptors (Lipinski definition) is 3. The highest BCUT2D eigenvalue weighted by Crippen LogP contribution is 2.34. The number of nitrogens with zero attached hydrogens (tertiary/aromatic N) is 3. The van der Waals surface area contributed by atoms with Gasteiger partial charge < -0.3 is 9.80 Å². The highest BCUT2D eigenvalue weighted by Gasteiger charge is 2.43. The monoisotopic (exact) mass is 337 g/mol. The van der Waals surface area contributed by atoms with E-state index in [1.165, 1.54) is 5.56 Å². The van der Waals surface area contributed by atoms with Crippen LogP contribution in [0.1, 0.15) is 49.1 Å². The zero-order valence-electron chi connectivity index (χ0n) is 14.4. The second-order valence-electron chi connectivity index (χ2n) is 7.52. The molecule has 4 rings (SSSR count). The summed E-state index contributed by atoms with van der Waals surface area (Å²) in [6, 6.07) is 10.4. The maximum atomic E-state index is 12.8. The zero-order chi connectivity index (χ0) is 17.4. The Morgan fingerprint density at radius 2 is 1.92 bits per heavy atom. The van der Waals surface area contributed by atoms with E-state index in [0.717, 1.165) is 38.8 Å². The second-order valence-corrected chi connectivity index (χ2v) is 7.52. The molecule has 1 saturated carbocycles. The molecule has 5 nitrogen and oxygen atoms in total. The van der Waals surface area contributed by atoms with Gasteiger partial charge in [0.2, 0.25) is 11.8 Å². The van der Waals surface area contributed by atoms with Crippen molar-refractivity contribution in [2.75, 3.05) is 19.6 Å². The molecule has 3 aliphatic rings. The van der Waals surface area contributed by atoms with Crippen molar-refractivity contribution in [1.82, 2.24) is 9.80 Å². The van der Waals surface area contributed by atoms with Gasteiger partial charge in [-0.1, -0.05) is 12.1 Å². The number of amides is 2. The molecule has 5 heteroatoms. The van der Waals surface area contributed by atoms with Crippen LogP contribution in [0.5, 0.6) is 0 Å². The maximum Gasteiger partial charge on any atom is 0.227 e. The number of benzene rings is 1. The fourth-order valence-electron chi connectivity index (χ4n) is 4.19. The smallest absolute Gasteiger partial charge is 0.227 e. The van der Waals surface area contributed by atoms with Gasteiger partial charge in [-0.05, 0) is 49.3 Å². The summed E-state index contributed by atoms with van der Waals surface area (Å²) in [6.45, 7) is 2.11. The summed E-state index contributed by atoms with van der Waals surface area (Å²) in [7, 11) is 0. The van der Waals surface area contributed by atoms with E-state index >= 15 is 0 Å². The van der Waals surface area contributed by atoms with Gasteiger partial charge in [0, 0.05) is 32.1 Å². The van der Waals surface area contributed by atoms with Gasteiger partial charge in [-0.3, -0.25) is 9.59 Å². The number of likely N-dealkylation sites (tertiary alicyclic amines) is 2. The summed E-state index contributed by atoms with van der Waals surface area (Å²) >= 11 is 0. The van der Waals surface area contributed by atoms with Gasteiger partial charge in [-0.25, -0.2) is 0 Å². The van der Waals surface area contributed by atoms with Crippen LogP contribution in [0.4, 0.5) is 0 Å². The lowest BCUT2D eigenvalue weighted by molar-refractivity contribution is -0.136. The van der Waals surface area contributed by atoms with E-state index in [-0.39, 0.29) is 17.7 Å². The van der Waals surface area contributed by atoms with Crippen LogP contribution in [0.25, 0.3) is 0 Å². The van der Waals surface area contributed by atoms with Crippen LogP contribution in [0.2, 0.25) is 0 Å². The lowest BCUT2D eigenvalue weighted by Gasteiger charge is -2.33. The normalized spacial score (nSPS) is 24.4. The van der Waals surface area contributed by atoms with Crippen LogP contribution in [0.3, 0.4) is 0 Å². The van der Waals surface area contributed by atoms with Gasteiger partial charge in [0.05, 0.1) is 17.6 Å². The van der Waals surface area contributed by atoms with Crippen LogP contribution >= 0.6 is 0 Å². The Balaban J connectivity index is 1.34. The highest BCUT2D eigenvalue weighted by molar-refractivity contribution is 5.89. The molecule has 1 aliphatic carbocycles. The summed E-state index contributed by atoms with van der Waals surface area (Å²) in [5, 5.41) is 9.05. The van der Waals surface area contributed by atoms with Crippen molar-refractivity contribution < 1.29 is 9.59 Å². The first-order valence-electron chi connectivity index (χ1n) is 9.24. The van der Waals surface area contributed by atoms with Crippen molar-refractivity contribution in [3.63, 3.8) is 0 Å². The average molecular weight is 337 g/mol. The van der Waals surface area contributed by atoms with E-state index < -0.39 is 0 Å². The molecule has 0 radical (unpaired) electrons. The largest absolute Gasteiger partial charge is 0.342 e. The van der Waals surface area contributed by atoms with Gasteiger partial charge in [0.15, 0.2) is 0 Å². The first-order chi connectivity index (χ1) is 12.2. The maximum absolute atomic E-state index is 12.8. The summed E-state index contributed by atoms with van der Waals surface area (Å²) in [6.07, 6.45) is 4.43. The highest BCUT2D eigenvalue weighted by atomic mass is 16.2. The van der Waals surface area contributed by atoms with E-state index in [1.807, 2.05) is 28.0 Å². The lowest BCUT2D eigenvalue weighted by atomic mass is 9.88. The first-order valence-corrected chi connectivity index (χ1v) is 9.24. The standard InChI is InChI=1S/C20H23N3O2/c21-12-14-2-1-3-16(10-14)15-6-8-22(9-7-15)20(25)17-11-19(24)23(13-17)18-4-5-18/h1-3,10,15,17-18H,4-9,11,13H2/t17-/m1/s1. The molecule has 130 valence electrons. The third-order valence-electron chi connectivity index (χ3n) is 5.79. The Morgan fingerprint density at radius 3 is 2.60 bits per heavy atom. The third kappa shape index (κ3) is 3.26. The molecule has 0 N–H and O–H groups in total. The van der Waals surface area contributed by atoms with Crippen LogP contribution in [-0.4, -0.2) is 47.3 Å². The number of carbonyl (C=O) groups is 2. The van der Waals surface area contributed by atoms with Crippen LogP contribution < -0.4 is 0 Å². The molecule has 25 heavy (non-hydrogen) atoms. The lowest BCUT2D eigenvalue weighted by Crippen LogP contribution is -2.42. The summed E-state index contributed by atoms with van der Waals surface area (Å²) in [4.78, 5) is 28.7. The summed E-state index contributed by atoms with van der Waals surface area (Å²) in [5.41, 5.74) is 1.89. The molecule has 2 aliphatic heterocycles. The third-order valence-corrected chi connectivity index (χ3v) is 5.79. The molecule has 2 heterocycles. The van der Waals surface area contributed by atoms with Gasteiger partial charge in [0.1, 0.15) is 0 Å². The SMILES string of the molecule is N#Cc1cccc(C2CCN(C(=O)[C@@H]3CC(=O)N(C4CC4)C3)CC2)c1.